The molecular weight excluding hydrogens is 438 g/mol. The second-order valence-corrected chi connectivity index (χ2v) is 9.27. The van der Waals surface area contributed by atoms with Gasteiger partial charge in [-0.1, -0.05) is 54.6 Å². The van der Waals surface area contributed by atoms with Gasteiger partial charge in [-0.15, -0.1) is 0 Å². The van der Waals surface area contributed by atoms with Crippen LogP contribution in [-0.2, 0) is 17.8 Å². The van der Waals surface area contributed by atoms with Crippen molar-refractivity contribution >= 4 is 11.6 Å². The highest BCUT2D eigenvalue weighted by molar-refractivity contribution is 5.78. The minimum Gasteiger partial charge on any atom is -0.486 e. The molecule has 0 radical (unpaired) electrons. The molecule has 2 aliphatic rings. The smallest absolute Gasteiger partial charge is 0.224 e. The lowest BCUT2D eigenvalue weighted by atomic mass is 10.0. The van der Waals surface area contributed by atoms with Crippen molar-refractivity contribution in [3.05, 3.63) is 90.0 Å². The zero-order chi connectivity index (χ0) is 23.9. The molecule has 0 aliphatic carbocycles. The Morgan fingerprint density at radius 1 is 0.857 bits per heavy atom. The Morgan fingerprint density at radius 3 is 2.34 bits per heavy atom. The summed E-state index contributed by atoms with van der Waals surface area (Å²) in [4.78, 5) is 14.7. The van der Waals surface area contributed by atoms with Gasteiger partial charge in [-0.3, -0.25) is 4.79 Å². The van der Waals surface area contributed by atoms with Crippen LogP contribution in [0.1, 0.15) is 24.0 Å². The first-order valence-electron chi connectivity index (χ1n) is 12.5. The Hall–Kier alpha value is -3.51. The van der Waals surface area contributed by atoms with Crippen LogP contribution in [0, 0.1) is 0 Å². The van der Waals surface area contributed by atoms with E-state index in [1.54, 1.807) is 0 Å². The molecule has 3 aromatic carbocycles. The number of anilines is 1. The van der Waals surface area contributed by atoms with Crippen molar-refractivity contribution in [3.8, 4) is 11.5 Å². The molecule has 0 saturated carbocycles. The van der Waals surface area contributed by atoms with Crippen molar-refractivity contribution < 1.29 is 14.3 Å². The van der Waals surface area contributed by atoms with Gasteiger partial charge in [-0.25, -0.2) is 0 Å². The standard InChI is InChI=1S/C29H33N3O3/c33-29(31-19-23-6-2-1-3-7-23)18-22-10-12-25(13-11-22)32-16-14-24(15-17-32)30-20-26-21-34-27-8-4-5-9-28(27)35-26/h1-13,24,26,30H,14-21H2,(H,31,33)/t26-/m0/s1. The van der Waals surface area contributed by atoms with Gasteiger partial charge in [0.25, 0.3) is 0 Å². The molecule has 2 heterocycles. The second kappa shape index (κ2) is 11.3. The van der Waals surface area contributed by atoms with Gasteiger partial charge >= 0.3 is 0 Å². The van der Waals surface area contributed by atoms with Crippen molar-refractivity contribution in [3.63, 3.8) is 0 Å². The molecule has 1 amide bonds. The topological polar surface area (TPSA) is 62.8 Å². The van der Waals surface area contributed by atoms with E-state index in [1.807, 2.05) is 54.6 Å². The number of amides is 1. The fourth-order valence-electron chi connectivity index (χ4n) is 4.67. The number of piperidine rings is 1. The summed E-state index contributed by atoms with van der Waals surface area (Å²) in [7, 11) is 0. The van der Waals surface area contributed by atoms with Crippen LogP contribution in [0.15, 0.2) is 78.9 Å². The largest absolute Gasteiger partial charge is 0.486 e. The lowest BCUT2D eigenvalue weighted by Gasteiger charge is -2.35. The molecule has 2 aliphatic heterocycles. The number of benzene rings is 3. The summed E-state index contributed by atoms with van der Waals surface area (Å²) in [6, 6.07) is 26.7. The average molecular weight is 472 g/mol. The predicted molar refractivity (Wildman–Crippen MR) is 138 cm³/mol. The lowest BCUT2D eigenvalue weighted by molar-refractivity contribution is -0.120. The lowest BCUT2D eigenvalue weighted by Crippen LogP contribution is -2.47. The maximum Gasteiger partial charge on any atom is 0.224 e. The van der Waals surface area contributed by atoms with Gasteiger partial charge in [-0.2, -0.15) is 0 Å². The normalized spacial score (nSPS) is 17.7. The number of nitrogens with zero attached hydrogens (tertiary/aromatic N) is 1. The molecule has 1 saturated heterocycles. The van der Waals surface area contributed by atoms with Gasteiger partial charge in [0.15, 0.2) is 11.5 Å². The van der Waals surface area contributed by atoms with Crippen LogP contribution in [-0.4, -0.2) is 44.3 Å². The SMILES string of the molecule is O=C(Cc1ccc(N2CCC(NC[C@H]3COc4ccccc4O3)CC2)cc1)NCc1ccccc1. The number of hydrogen-bond acceptors (Lipinski definition) is 5. The minimum absolute atomic E-state index is 0.0420. The molecule has 35 heavy (non-hydrogen) atoms. The molecule has 0 bridgehead atoms. The first-order chi connectivity index (χ1) is 17.2. The first-order valence-corrected chi connectivity index (χ1v) is 12.5. The summed E-state index contributed by atoms with van der Waals surface area (Å²) in [5, 5.41) is 6.67. The van der Waals surface area contributed by atoms with Crippen LogP contribution in [0.5, 0.6) is 11.5 Å². The minimum atomic E-state index is 0.0420. The van der Waals surface area contributed by atoms with Crippen LogP contribution in [0.25, 0.3) is 0 Å². The number of hydrogen-bond donors (Lipinski definition) is 2. The summed E-state index contributed by atoms with van der Waals surface area (Å²) in [6.45, 7) is 3.96. The highest BCUT2D eigenvalue weighted by atomic mass is 16.6. The van der Waals surface area contributed by atoms with Crippen molar-refractivity contribution in [2.24, 2.45) is 0 Å². The zero-order valence-corrected chi connectivity index (χ0v) is 20.0. The highest BCUT2D eigenvalue weighted by Crippen LogP contribution is 2.30. The Morgan fingerprint density at radius 2 is 1.57 bits per heavy atom. The fraction of sp³-hybridized carbons (Fsp3) is 0.345. The Balaban J connectivity index is 1.03. The number of nitrogens with one attached hydrogen (secondary N) is 2. The predicted octanol–water partition coefficient (Wildman–Crippen LogP) is 3.94. The molecule has 182 valence electrons. The van der Waals surface area contributed by atoms with Crippen LogP contribution in [0.2, 0.25) is 0 Å². The Labute approximate surface area is 207 Å². The molecule has 3 aromatic rings. The van der Waals surface area contributed by atoms with Gasteiger partial charge in [0.2, 0.25) is 5.91 Å². The summed E-state index contributed by atoms with van der Waals surface area (Å²) in [5.41, 5.74) is 3.36. The molecule has 2 N–H and O–H groups in total. The van der Waals surface area contributed by atoms with Gasteiger partial charge in [0, 0.05) is 37.9 Å². The summed E-state index contributed by atoms with van der Waals surface area (Å²) in [5.74, 6) is 1.71. The van der Waals surface area contributed by atoms with Crippen molar-refractivity contribution in [1.82, 2.24) is 10.6 Å². The molecule has 0 spiro atoms. The maximum atomic E-state index is 12.3. The molecule has 1 atom stereocenters. The molecule has 6 nitrogen and oxygen atoms in total. The van der Waals surface area contributed by atoms with E-state index < -0.39 is 0 Å². The van der Waals surface area contributed by atoms with E-state index in [0.29, 0.717) is 25.6 Å². The van der Waals surface area contributed by atoms with E-state index in [9.17, 15) is 4.79 Å². The maximum absolute atomic E-state index is 12.3. The number of carbonyl (C=O) groups excluding carboxylic acids is 1. The van der Waals surface area contributed by atoms with E-state index in [2.05, 4.69) is 39.8 Å². The summed E-state index contributed by atoms with van der Waals surface area (Å²) < 4.78 is 11.9. The van der Waals surface area contributed by atoms with Crippen LogP contribution < -0.4 is 25.0 Å². The second-order valence-electron chi connectivity index (χ2n) is 9.27. The van der Waals surface area contributed by atoms with E-state index in [0.717, 1.165) is 55.1 Å². The van der Waals surface area contributed by atoms with Crippen LogP contribution in [0.4, 0.5) is 5.69 Å². The van der Waals surface area contributed by atoms with Crippen molar-refractivity contribution in [1.29, 1.82) is 0 Å². The molecule has 5 rings (SSSR count). The van der Waals surface area contributed by atoms with E-state index in [4.69, 9.17) is 9.47 Å². The van der Waals surface area contributed by atoms with E-state index in [1.165, 1.54) is 5.69 Å². The summed E-state index contributed by atoms with van der Waals surface area (Å²) in [6.07, 6.45) is 2.62. The molecule has 0 unspecified atom stereocenters. The van der Waals surface area contributed by atoms with Gasteiger partial charge < -0.3 is 25.0 Å². The van der Waals surface area contributed by atoms with E-state index >= 15 is 0 Å². The van der Waals surface area contributed by atoms with Crippen LogP contribution in [0.3, 0.4) is 0 Å². The third-order valence-corrected chi connectivity index (χ3v) is 6.70. The molecule has 0 aromatic heterocycles. The Kier molecular flexibility index (Phi) is 7.49. The van der Waals surface area contributed by atoms with Gasteiger partial charge in [0.1, 0.15) is 12.7 Å². The van der Waals surface area contributed by atoms with E-state index in [-0.39, 0.29) is 12.0 Å². The van der Waals surface area contributed by atoms with Crippen molar-refractivity contribution in [2.45, 2.75) is 38.0 Å². The summed E-state index contributed by atoms with van der Waals surface area (Å²) >= 11 is 0. The molecule has 1 fully saturated rings. The molecular formula is C29H33N3O3. The highest BCUT2D eigenvalue weighted by Gasteiger charge is 2.24. The van der Waals surface area contributed by atoms with Gasteiger partial charge in [-0.05, 0) is 48.2 Å². The fourth-order valence-corrected chi connectivity index (χ4v) is 4.67. The number of para-hydroxylation sites is 2. The first kappa shape index (κ1) is 23.2. The number of fused-ring (bicyclic) bond motifs is 1. The third-order valence-electron chi connectivity index (χ3n) is 6.70. The monoisotopic (exact) mass is 471 g/mol. The third kappa shape index (κ3) is 6.34. The molecule has 6 heteroatoms. The Bertz CT molecular complexity index is 1100. The number of rotatable bonds is 8. The zero-order valence-electron chi connectivity index (χ0n) is 20.0. The van der Waals surface area contributed by atoms with Gasteiger partial charge in [0.05, 0.1) is 6.42 Å². The van der Waals surface area contributed by atoms with Crippen LogP contribution >= 0.6 is 0 Å². The quantitative estimate of drug-likeness (QED) is 0.521. The average Bonchev–Trinajstić information content (AvgIpc) is 2.92. The number of carbonyl (C=O) groups is 1. The van der Waals surface area contributed by atoms with Crippen molar-refractivity contribution in [2.75, 3.05) is 31.1 Å². The number of ether oxygens (including phenoxy) is 2.